The van der Waals surface area contributed by atoms with Gasteiger partial charge in [-0.2, -0.15) is 0 Å². The molecule has 2 heterocycles. The third-order valence-electron chi connectivity index (χ3n) is 3.95. The minimum atomic E-state index is -0.198. The summed E-state index contributed by atoms with van der Waals surface area (Å²) in [5.41, 5.74) is 0.519. The summed E-state index contributed by atoms with van der Waals surface area (Å²) in [5, 5.41) is 2.86. The Bertz CT molecular complexity index is 732. The molecule has 1 amide bonds. The number of hydrogen-bond donors (Lipinski definition) is 1. The first kappa shape index (κ1) is 16.7. The minimum absolute atomic E-state index is 0.198. The van der Waals surface area contributed by atoms with Crippen molar-refractivity contribution >= 4 is 27.7 Å². The lowest BCUT2D eigenvalue weighted by molar-refractivity contribution is 0.0948. The number of benzene rings is 1. The smallest absolute Gasteiger partial charge is 0.252 e. The molecule has 0 spiro atoms. The van der Waals surface area contributed by atoms with Crippen LogP contribution >= 0.6 is 15.9 Å². The maximum atomic E-state index is 12.4. The summed E-state index contributed by atoms with van der Waals surface area (Å²) in [7, 11) is 1.57. The SMILES string of the molecule is COc1ccc(Br)c(C(=O)NCc2nccc(N3CCCC3)n2)c1. The molecule has 1 aliphatic heterocycles. The van der Waals surface area contributed by atoms with Crippen LogP contribution in [-0.4, -0.2) is 36.1 Å². The molecule has 0 aliphatic carbocycles. The van der Waals surface area contributed by atoms with Gasteiger partial charge in [-0.3, -0.25) is 4.79 Å². The highest BCUT2D eigenvalue weighted by Crippen LogP contribution is 2.22. The molecule has 0 atom stereocenters. The largest absolute Gasteiger partial charge is 0.497 e. The maximum Gasteiger partial charge on any atom is 0.252 e. The molecule has 1 aromatic carbocycles. The number of aromatic nitrogens is 2. The average molecular weight is 391 g/mol. The Hall–Kier alpha value is -2.15. The van der Waals surface area contributed by atoms with Gasteiger partial charge in [-0.15, -0.1) is 0 Å². The predicted octanol–water partition coefficient (Wildman–Crippen LogP) is 2.78. The van der Waals surface area contributed by atoms with Crippen molar-refractivity contribution < 1.29 is 9.53 Å². The van der Waals surface area contributed by atoms with E-state index >= 15 is 0 Å². The molecule has 126 valence electrons. The molecule has 3 rings (SSSR count). The summed E-state index contributed by atoms with van der Waals surface area (Å²) >= 11 is 3.39. The molecular weight excluding hydrogens is 372 g/mol. The van der Waals surface area contributed by atoms with Crippen molar-refractivity contribution in [2.75, 3.05) is 25.1 Å². The van der Waals surface area contributed by atoms with E-state index in [1.54, 1.807) is 31.5 Å². The number of ether oxygens (including phenoxy) is 1. The van der Waals surface area contributed by atoms with Crippen LogP contribution in [0.5, 0.6) is 5.75 Å². The third-order valence-corrected chi connectivity index (χ3v) is 4.64. The molecule has 0 saturated carbocycles. The molecule has 1 saturated heterocycles. The first-order valence-corrected chi connectivity index (χ1v) is 8.65. The van der Waals surface area contributed by atoms with E-state index in [1.165, 1.54) is 12.8 Å². The van der Waals surface area contributed by atoms with Crippen molar-refractivity contribution in [2.45, 2.75) is 19.4 Å². The Morgan fingerprint density at radius 2 is 2.12 bits per heavy atom. The maximum absolute atomic E-state index is 12.4. The van der Waals surface area contributed by atoms with E-state index in [0.29, 0.717) is 21.6 Å². The van der Waals surface area contributed by atoms with E-state index in [9.17, 15) is 4.79 Å². The van der Waals surface area contributed by atoms with Crippen LogP contribution in [0.4, 0.5) is 5.82 Å². The van der Waals surface area contributed by atoms with Crippen molar-refractivity contribution in [2.24, 2.45) is 0 Å². The molecule has 0 bridgehead atoms. The van der Waals surface area contributed by atoms with Crippen molar-refractivity contribution in [3.63, 3.8) is 0 Å². The Labute approximate surface area is 149 Å². The fourth-order valence-corrected chi connectivity index (χ4v) is 3.08. The second-order valence-electron chi connectivity index (χ2n) is 5.55. The summed E-state index contributed by atoms with van der Waals surface area (Å²) in [4.78, 5) is 23.4. The van der Waals surface area contributed by atoms with Crippen molar-refractivity contribution in [3.8, 4) is 5.75 Å². The van der Waals surface area contributed by atoms with Crippen LogP contribution in [0.3, 0.4) is 0 Å². The molecular formula is C17H19BrN4O2. The van der Waals surface area contributed by atoms with Gasteiger partial charge in [-0.1, -0.05) is 0 Å². The number of anilines is 1. The third kappa shape index (κ3) is 3.84. The Morgan fingerprint density at radius 1 is 1.33 bits per heavy atom. The van der Waals surface area contributed by atoms with Crippen LogP contribution in [0, 0.1) is 0 Å². The van der Waals surface area contributed by atoms with Gasteiger partial charge in [0.1, 0.15) is 17.4 Å². The highest BCUT2D eigenvalue weighted by Gasteiger charge is 2.15. The van der Waals surface area contributed by atoms with E-state index in [4.69, 9.17) is 4.74 Å². The van der Waals surface area contributed by atoms with Crippen LogP contribution in [0.15, 0.2) is 34.9 Å². The van der Waals surface area contributed by atoms with Gasteiger partial charge in [0.2, 0.25) is 0 Å². The van der Waals surface area contributed by atoms with Crippen LogP contribution in [0.2, 0.25) is 0 Å². The first-order chi connectivity index (χ1) is 11.7. The number of carbonyl (C=O) groups is 1. The number of nitrogens with zero attached hydrogens (tertiary/aromatic N) is 3. The standard InChI is InChI=1S/C17H19BrN4O2/c1-24-12-4-5-14(18)13(10-12)17(23)20-11-15-19-7-6-16(21-15)22-8-2-3-9-22/h4-7,10H,2-3,8-9,11H2,1H3,(H,20,23). The van der Waals surface area contributed by atoms with E-state index in [1.807, 2.05) is 6.07 Å². The molecule has 7 heteroatoms. The van der Waals surface area contributed by atoms with Gasteiger partial charge in [0, 0.05) is 23.8 Å². The van der Waals surface area contributed by atoms with Crippen molar-refractivity contribution in [1.82, 2.24) is 15.3 Å². The average Bonchev–Trinajstić information content (AvgIpc) is 3.15. The fourth-order valence-electron chi connectivity index (χ4n) is 2.66. The van der Waals surface area contributed by atoms with Crippen LogP contribution < -0.4 is 15.0 Å². The second-order valence-corrected chi connectivity index (χ2v) is 6.41. The lowest BCUT2D eigenvalue weighted by Crippen LogP contribution is -2.25. The second kappa shape index (κ2) is 7.61. The topological polar surface area (TPSA) is 67.3 Å². The highest BCUT2D eigenvalue weighted by atomic mass is 79.9. The monoisotopic (exact) mass is 390 g/mol. The predicted molar refractivity (Wildman–Crippen MR) is 95.3 cm³/mol. The molecule has 1 aromatic heterocycles. The number of nitrogens with one attached hydrogen (secondary N) is 1. The summed E-state index contributed by atoms with van der Waals surface area (Å²) in [6.45, 7) is 2.34. The van der Waals surface area contributed by atoms with Crippen LogP contribution in [0.1, 0.15) is 29.0 Å². The number of halogens is 1. The normalized spacial score (nSPS) is 13.8. The van der Waals surface area contributed by atoms with E-state index in [2.05, 4.69) is 36.1 Å². The summed E-state index contributed by atoms with van der Waals surface area (Å²) < 4.78 is 5.88. The highest BCUT2D eigenvalue weighted by molar-refractivity contribution is 9.10. The quantitative estimate of drug-likeness (QED) is 0.849. The fraction of sp³-hybridized carbons (Fsp3) is 0.353. The zero-order chi connectivity index (χ0) is 16.9. The lowest BCUT2D eigenvalue weighted by Gasteiger charge is -2.16. The Balaban J connectivity index is 1.67. The number of rotatable bonds is 5. The summed E-state index contributed by atoms with van der Waals surface area (Å²) in [5.74, 6) is 1.97. The van der Waals surface area contributed by atoms with Crippen LogP contribution in [-0.2, 0) is 6.54 Å². The number of methoxy groups -OCH3 is 1. The van der Waals surface area contributed by atoms with Gasteiger partial charge in [-0.25, -0.2) is 9.97 Å². The van der Waals surface area contributed by atoms with Gasteiger partial charge in [-0.05, 0) is 53.0 Å². The zero-order valence-electron chi connectivity index (χ0n) is 13.5. The van der Waals surface area contributed by atoms with Gasteiger partial charge in [0.05, 0.1) is 19.2 Å². The van der Waals surface area contributed by atoms with E-state index in [-0.39, 0.29) is 12.5 Å². The van der Waals surface area contributed by atoms with Gasteiger partial charge in [0.25, 0.3) is 5.91 Å². The summed E-state index contributed by atoms with van der Waals surface area (Å²) in [6, 6.07) is 7.19. The zero-order valence-corrected chi connectivity index (χ0v) is 15.0. The minimum Gasteiger partial charge on any atom is -0.497 e. The van der Waals surface area contributed by atoms with Crippen LogP contribution in [0.25, 0.3) is 0 Å². The summed E-state index contributed by atoms with van der Waals surface area (Å²) in [6.07, 6.45) is 4.13. The van der Waals surface area contributed by atoms with Gasteiger partial charge < -0.3 is 15.0 Å². The molecule has 0 radical (unpaired) electrons. The van der Waals surface area contributed by atoms with Gasteiger partial charge >= 0.3 is 0 Å². The first-order valence-electron chi connectivity index (χ1n) is 7.86. The molecule has 2 aromatic rings. The van der Waals surface area contributed by atoms with E-state index in [0.717, 1.165) is 18.9 Å². The molecule has 1 N–H and O–H groups in total. The molecule has 24 heavy (non-hydrogen) atoms. The number of amides is 1. The Morgan fingerprint density at radius 3 is 2.88 bits per heavy atom. The van der Waals surface area contributed by atoms with Crippen molar-refractivity contribution in [3.05, 3.63) is 46.3 Å². The van der Waals surface area contributed by atoms with E-state index < -0.39 is 0 Å². The molecule has 1 aliphatic rings. The van der Waals surface area contributed by atoms with Gasteiger partial charge in [0.15, 0.2) is 0 Å². The lowest BCUT2D eigenvalue weighted by atomic mass is 10.2. The molecule has 0 unspecified atom stereocenters. The Kier molecular flexibility index (Phi) is 5.30. The number of hydrogen-bond acceptors (Lipinski definition) is 5. The molecule has 1 fully saturated rings. The van der Waals surface area contributed by atoms with Crippen molar-refractivity contribution in [1.29, 1.82) is 0 Å². The molecule has 6 nitrogen and oxygen atoms in total. The number of carbonyl (C=O) groups excluding carboxylic acids is 1.